The monoisotopic (exact) mass is 496 g/mol. The van der Waals surface area contributed by atoms with E-state index in [0.717, 1.165) is 15.2 Å². The van der Waals surface area contributed by atoms with Gasteiger partial charge in [-0.25, -0.2) is 8.42 Å². The van der Waals surface area contributed by atoms with Crippen molar-refractivity contribution in [2.75, 3.05) is 7.11 Å². The molecule has 0 saturated carbocycles. The molecule has 0 radical (unpaired) electrons. The number of methoxy groups -OCH3 is 1. The highest BCUT2D eigenvalue weighted by atomic mass is 32.2. The van der Waals surface area contributed by atoms with E-state index >= 15 is 0 Å². The van der Waals surface area contributed by atoms with E-state index in [9.17, 15) is 16.8 Å². The van der Waals surface area contributed by atoms with Gasteiger partial charge in [-0.15, -0.1) is 0 Å². The summed E-state index contributed by atoms with van der Waals surface area (Å²) < 4.78 is 60.7. The SMILES string of the molecule is COc1ccc(-c2c(S(=O)(=O)c3ccc(C)cc3)c(C)nn2S(=O)(=O)c2ccc(C)cc2)cc1. The number of hydrogen-bond acceptors (Lipinski definition) is 6. The largest absolute Gasteiger partial charge is 0.497 e. The van der Waals surface area contributed by atoms with Gasteiger partial charge < -0.3 is 4.74 Å². The lowest BCUT2D eigenvalue weighted by atomic mass is 10.1. The van der Waals surface area contributed by atoms with Gasteiger partial charge in [-0.1, -0.05) is 35.4 Å². The normalized spacial score (nSPS) is 12.0. The van der Waals surface area contributed by atoms with Crippen LogP contribution >= 0.6 is 0 Å². The smallest absolute Gasteiger partial charge is 0.283 e. The third-order valence-corrected chi connectivity index (χ3v) is 8.99. The Bertz CT molecular complexity index is 1550. The molecular formula is C25H24N2O5S2. The van der Waals surface area contributed by atoms with E-state index < -0.39 is 19.9 Å². The molecule has 0 unspecified atom stereocenters. The number of sulfone groups is 1. The van der Waals surface area contributed by atoms with Crippen LogP contribution in [0.5, 0.6) is 5.75 Å². The Morgan fingerprint density at radius 1 is 0.706 bits per heavy atom. The Morgan fingerprint density at radius 2 is 1.21 bits per heavy atom. The molecule has 34 heavy (non-hydrogen) atoms. The fourth-order valence-electron chi connectivity index (χ4n) is 3.62. The first-order valence-corrected chi connectivity index (χ1v) is 13.4. The van der Waals surface area contributed by atoms with Gasteiger partial charge in [-0.05, 0) is 69.3 Å². The molecule has 9 heteroatoms. The van der Waals surface area contributed by atoms with Crippen LogP contribution in [0.1, 0.15) is 16.8 Å². The molecule has 3 aromatic carbocycles. The van der Waals surface area contributed by atoms with E-state index in [2.05, 4.69) is 5.10 Å². The summed E-state index contributed by atoms with van der Waals surface area (Å²) in [5.41, 5.74) is 2.24. The molecule has 0 aliphatic heterocycles. The van der Waals surface area contributed by atoms with Crippen LogP contribution in [0.3, 0.4) is 0 Å². The van der Waals surface area contributed by atoms with Gasteiger partial charge in [0.25, 0.3) is 10.0 Å². The van der Waals surface area contributed by atoms with Gasteiger partial charge in [0.2, 0.25) is 9.84 Å². The first kappa shape index (κ1) is 23.7. The number of benzene rings is 3. The van der Waals surface area contributed by atoms with Gasteiger partial charge in [0.1, 0.15) is 16.3 Å². The third-order valence-electron chi connectivity index (χ3n) is 5.49. The predicted molar refractivity (Wildman–Crippen MR) is 129 cm³/mol. The van der Waals surface area contributed by atoms with Gasteiger partial charge in [0.15, 0.2) is 0 Å². The average Bonchev–Trinajstić information content (AvgIpc) is 3.18. The van der Waals surface area contributed by atoms with Crippen molar-refractivity contribution in [1.82, 2.24) is 9.19 Å². The summed E-state index contributed by atoms with van der Waals surface area (Å²) in [5.74, 6) is 0.552. The average molecular weight is 497 g/mol. The topological polar surface area (TPSA) is 95.3 Å². The molecule has 0 spiro atoms. The Labute approximate surface area is 199 Å². The quantitative estimate of drug-likeness (QED) is 0.389. The maximum absolute atomic E-state index is 13.7. The fourth-order valence-corrected chi connectivity index (χ4v) is 6.64. The van der Waals surface area contributed by atoms with Crippen molar-refractivity contribution in [3.05, 3.63) is 89.6 Å². The number of aryl methyl sites for hydroxylation is 3. The van der Waals surface area contributed by atoms with Crippen LogP contribution in [0.15, 0.2) is 87.5 Å². The second kappa shape index (κ2) is 8.73. The Hall–Kier alpha value is -3.43. The number of hydrogen-bond donors (Lipinski definition) is 0. The minimum Gasteiger partial charge on any atom is -0.497 e. The molecule has 4 rings (SSSR count). The minimum absolute atomic E-state index is 0.00893. The predicted octanol–water partition coefficient (Wildman–Crippen LogP) is 4.55. The van der Waals surface area contributed by atoms with Crippen LogP contribution < -0.4 is 4.74 Å². The Morgan fingerprint density at radius 3 is 1.71 bits per heavy atom. The molecule has 4 aromatic rings. The maximum Gasteiger partial charge on any atom is 0.283 e. The fraction of sp³-hybridized carbons (Fsp3) is 0.160. The van der Waals surface area contributed by atoms with Crippen molar-refractivity contribution in [2.45, 2.75) is 35.5 Å². The summed E-state index contributed by atoms with van der Waals surface area (Å²) >= 11 is 0. The molecule has 0 aliphatic rings. The highest BCUT2D eigenvalue weighted by molar-refractivity contribution is 7.92. The van der Waals surface area contributed by atoms with Crippen LogP contribution in [-0.4, -0.2) is 33.1 Å². The van der Waals surface area contributed by atoms with Crippen molar-refractivity contribution < 1.29 is 21.6 Å². The van der Waals surface area contributed by atoms with E-state index in [1.54, 1.807) is 48.5 Å². The van der Waals surface area contributed by atoms with Gasteiger partial charge in [0.05, 0.1) is 22.6 Å². The van der Waals surface area contributed by atoms with Crippen molar-refractivity contribution in [3.63, 3.8) is 0 Å². The van der Waals surface area contributed by atoms with E-state index in [1.165, 1.54) is 38.3 Å². The van der Waals surface area contributed by atoms with E-state index in [4.69, 9.17) is 4.74 Å². The van der Waals surface area contributed by atoms with Gasteiger partial charge >= 0.3 is 0 Å². The standard InChI is InChI=1S/C25H24N2O5S2/c1-17-5-13-22(14-6-17)33(28,29)25-19(3)26-27(24(25)20-9-11-21(32-4)12-10-20)34(30,31)23-15-7-18(2)8-16-23/h5-16H,1-4H3. The molecule has 0 aliphatic carbocycles. The minimum atomic E-state index is -4.19. The highest BCUT2D eigenvalue weighted by Gasteiger charge is 2.34. The van der Waals surface area contributed by atoms with E-state index in [-0.39, 0.29) is 26.1 Å². The van der Waals surface area contributed by atoms with Crippen LogP contribution in [0, 0.1) is 20.8 Å². The lowest BCUT2D eigenvalue weighted by molar-refractivity contribution is 0.415. The summed E-state index contributed by atoms with van der Waals surface area (Å²) in [6, 6.07) is 19.2. The molecule has 0 fully saturated rings. The molecule has 0 saturated heterocycles. The zero-order valence-electron chi connectivity index (χ0n) is 19.2. The summed E-state index contributed by atoms with van der Waals surface area (Å²) in [4.78, 5) is -0.0879. The molecule has 0 bridgehead atoms. The van der Waals surface area contributed by atoms with Crippen LogP contribution in [0.2, 0.25) is 0 Å². The van der Waals surface area contributed by atoms with E-state index in [1.807, 2.05) is 13.8 Å². The molecule has 0 amide bonds. The molecule has 7 nitrogen and oxygen atoms in total. The van der Waals surface area contributed by atoms with Crippen molar-refractivity contribution >= 4 is 19.9 Å². The number of ether oxygens (including phenoxy) is 1. The van der Waals surface area contributed by atoms with Crippen molar-refractivity contribution in [1.29, 1.82) is 0 Å². The van der Waals surface area contributed by atoms with Crippen molar-refractivity contribution in [2.24, 2.45) is 0 Å². The second-order valence-electron chi connectivity index (χ2n) is 7.97. The molecule has 1 aromatic heterocycles. The summed E-state index contributed by atoms with van der Waals surface area (Å²) in [6.45, 7) is 5.20. The van der Waals surface area contributed by atoms with E-state index in [0.29, 0.717) is 11.3 Å². The molecular weight excluding hydrogens is 472 g/mol. The van der Waals surface area contributed by atoms with Gasteiger partial charge in [0, 0.05) is 5.56 Å². The summed E-state index contributed by atoms with van der Waals surface area (Å²) in [5, 5.41) is 4.23. The Kier molecular flexibility index (Phi) is 6.09. The number of aromatic nitrogens is 2. The molecule has 1 heterocycles. The van der Waals surface area contributed by atoms with Crippen LogP contribution in [-0.2, 0) is 19.9 Å². The lowest BCUT2D eigenvalue weighted by Crippen LogP contribution is -2.16. The third kappa shape index (κ3) is 4.12. The van der Waals surface area contributed by atoms with Crippen LogP contribution in [0.25, 0.3) is 11.3 Å². The molecule has 0 N–H and O–H groups in total. The van der Waals surface area contributed by atoms with Crippen LogP contribution in [0.4, 0.5) is 0 Å². The second-order valence-corrected chi connectivity index (χ2v) is 11.6. The van der Waals surface area contributed by atoms with Gasteiger partial charge in [-0.2, -0.15) is 17.6 Å². The van der Waals surface area contributed by atoms with Gasteiger partial charge in [-0.3, -0.25) is 0 Å². The zero-order valence-corrected chi connectivity index (χ0v) is 20.8. The van der Waals surface area contributed by atoms with Crippen molar-refractivity contribution in [3.8, 4) is 17.0 Å². The highest BCUT2D eigenvalue weighted by Crippen LogP contribution is 2.36. The Balaban J connectivity index is 2.03. The first-order valence-electron chi connectivity index (χ1n) is 10.4. The number of nitrogens with zero attached hydrogens (tertiary/aromatic N) is 2. The summed E-state index contributed by atoms with van der Waals surface area (Å²) in [7, 11) is -6.77. The zero-order chi connectivity index (χ0) is 24.7. The maximum atomic E-state index is 13.7. The lowest BCUT2D eigenvalue weighted by Gasteiger charge is -2.12. The first-order chi connectivity index (χ1) is 16.1. The molecule has 0 atom stereocenters. The summed E-state index contributed by atoms with van der Waals surface area (Å²) in [6.07, 6.45) is 0. The number of rotatable bonds is 6. The molecule has 176 valence electrons.